The van der Waals surface area contributed by atoms with Crippen LogP contribution in [0, 0.1) is 0 Å². The normalized spacial score (nSPS) is 16.6. The molecule has 1 unspecified atom stereocenters. The minimum Gasteiger partial charge on any atom is -0.469 e. The van der Waals surface area contributed by atoms with Crippen molar-refractivity contribution in [3.63, 3.8) is 0 Å². The van der Waals surface area contributed by atoms with E-state index in [2.05, 4.69) is 9.98 Å². The van der Waals surface area contributed by atoms with Gasteiger partial charge in [-0.05, 0) is 26.0 Å². The van der Waals surface area contributed by atoms with Crippen LogP contribution < -0.4 is 4.90 Å². The zero-order valence-corrected chi connectivity index (χ0v) is 19.7. The number of methoxy groups -OCH3 is 1. The molecule has 0 radical (unpaired) electrons. The molecule has 2 heterocycles. The summed E-state index contributed by atoms with van der Waals surface area (Å²) >= 11 is 1.06. The number of carbonyl (C=O) groups excluding carboxylic acids is 4. The molecule has 1 amide bonds. The van der Waals surface area contributed by atoms with Gasteiger partial charge in [0.2, 0.25) is 5.91 Å². The zero-order valence-electron chi connectivity index (χ0n) is 18.9. The van der Waals surface area contributed by atoms with Crippen molar-refractivity contribution >= 4 is 52.2 Å². The number of carbonyl (C=O) groups is 4. The number of aliphatic imine (C=N–C) groups is 1. The summed E-state index contributed by atoms with van der Waals surface area (Å²) in [5.74, 6) is -2.21. The lowest BCUT2D eigenvalue weighted by Gasteiger charge is -2.16. The molecule has 1 saturated heterocycles. The van der Waals surface area contributed by atoms with E-state index in [1.165, 1.54) is 22.9 Å². The van der Waals surface area contributed by atoms with E-state index >= 15 is 0 Å². The van der Waals surface area contributed by atoms with Crippen molar-refractivity contribution in [2.45, 2.75) is 32.1 Å². The third kappa shape index (κ3) is 5.63. The van der Waals surface area contributed by atoms with Gasteiger partial charge >= 0.3 is 17.9 Å². The summed E-state index contributed by atoms with van der Waals surface area (Å²) in [4.78, 5) is 59.6. The Labute approximate surface area is 200 Å². The third-order valence-electron chi connectivity index (χ3n) is 4.62. The number of imidazole rings is 1. The van der Waals surface area contributed by atoms with Gasteiger partial charge in [0, 0.05) is 0 Å². The number of rotatable bonds is 9. The second-order valence-electron chi connectivity index (χ2n) is 6.86. The fourth-order valence-corrected chi connectivity index (χ4v) is 4.26. The lowest BCUT2D eigenvalue weighted by molar-refractivity contribution is -0.144. The monoisotopic (exact) mass is 488 g/mol. The molecule has 180 valence electrons. The van der Waals surface area contributed by atoms with Gasteiger partial charge in [-0.3, -0.25) is 19.3 Å². The molecular formula is C22H24N4O7S. The maximum Gasteiger partial charge on any atom is 0.358 e. The van der Waals surface area contributed by atoms with Gasteiger partial charge < -0.3 is 18.8 Å². The molecule has 1 atom stereocenters. The number of hydrogen-bond acceptors (Lipinski definition) is 10. The number of esters is 3. The van der Waals surface area contributed by atoms with Crippen molar-refractivity contribution in [3.8, 4) is 0 Å². The van der Waals surface area contributed by atoms with E-state index < -0.39 is 23.2 Å². The van der Waals surface area contributed by atoms with Gasteiger partial charge in [-0.2, -0.15) is 0 Å². The van der Waals surface area contributed by atoms with Crippen molar-refractivity contribution in [3.05, 3.63) is 42.4 Å². The Bertz CT molecular complexity index is 1100. The summed E-state index contributed by atoms with van der Waals surface area (Å²) in [6.45, 7) is 3.34. The largest absolute Gasteiger partial charge is 0.469 e. The standard InChI is InChI=1S/C22H24N4O7S/c1-4-32-17(28)12-25-13-23-19(18(25)21(30)33-5-2)24-22-26(14-9-7-6-8-10-14)20(29)15(34-22)11-16(27)31-3/h6-10,13,15H,4-5,11-12H2,1-3H3/b24-22-. The van der Waals surface area contributed by atoms with Gasteiger partial charge in [-0.25, -0.2) is 14.8 Å². The number of amidine groups is 1. The number of benzene rings is 1. The highest BCUT2D eigenvalue weighted by atomic mass is 32.2. The molecule has 0 aliphatic carbocycles. The molecule has 34 heavy (non-hydrogen) atoms. The summed E-state index contributed by atoms with van der Waals surface area (Å²) < 4.78 is 16.1. The Hall–Kier alpha value is -3.67. The number of amides is 1. The van der Waals surface area contributed by atoms with E-state index in [4.69, 9.17) is 14.2 Å². The van der Waals surface area contributed by atoms with Crippen LogP contribution in [0.5, 0.6) is 0 Å². The summed E-state index contributed by atoms with van der Waals surface area (Å²) in [6.07, 6.45) is 1.13. The summed E-state index contributed by atoms with van der Waals surface area (Å²) in [5.41, 5.74) is 0.481. The Morgan fingerprint density at radius 2 is 1.79 bits per heavy atom. The molecule has 1 aliphatic rings. The van der Waals surface area contributed by atoms with Crippen molar-refractivity contribution in [2.75, 3.05) is 25.2 Å². The highest BCUT2D eigenvalue weighted by Crippen LogP contribution is 2.35. The van der Waals surface area contributed by atoms with Crippen LogP contribution in [0.1, 0.15) is 30.8 Å². The summed E-state index contributed by atoms with van der Waals surface area (Å²) in [5, 5.41) is -0.545. The van der Waals surface area contributed by atoms with Crippen LogP contribution >= 0.6 is 11.8 Å². The minimum atomic E-state index is -0.765. The van der Waals surface area contributed by atoms with Crippen LogP contribution in [-0.4, -0.2) is 64.1 Å². The summed E-state index contributed by atoms with van der Waals surface area (Å²) in [6, 6.07) is 8.77. The molecule has 1 aromatic carbocycles. The molecule has 1 fully saturated rings. The summed E-state index contributed by atoms with van der Waals surface area (Å²) in [7, 11) is 1.25. The molecule has 11 nitrogen and oxygen atoms in total. The lowest BCUT2D eigenvalue weighted by atomic mass is 10.2. The van der Waals surface area contributed by atoms with E-state index in [0.29, 0.717) is 5.69 Å². The molecule has 0 bridgehead atoms. The van der Waals surface area contributed by atoms with Crippen molar-refractivity contribution < 1.29 is 33.4 Å². The Kier molecular flexibility index (Phi) is 8.41. The van der Waals surface area contributed by atoms with Crippen molar-refractivity contribution in [1.29, 1.82) is 0 Å². The maximum absolute atomic E-state index is 13.1. The molecule has 1 aliphatic heterocycles. The highest BCUT2D eigenvalue weighted by molar-refractivity contribution is 8.16. The third-order valence-corrected chi connectivity index (χ3v) is 5.76. The second-order valence-corrected chi connectivity index (χ2v) is 8.03. The quantitative estimate of drug-likeness (QED) is 0.386. The number of thioether (sulfide) groups is 1. The fraction of sp³-hybridized carbons (Fsp3) is 0.364. The first-order valence-corrected chi connectivity index (χ1v) is 11.4. The number of anilines is 1. The molecule has 0 N–H and O–H groups in total. The molecule has 1 aromatic heterocycles. The number of hydrogen-bond donors (Lipinski definition) is 0. The van der Waals surface area contributed by atoms with E-state index in [1.54, 1.807) is 44.2 Å². The van der Waals surface area contributed by atoms with Gasteiger partial charge in [-0.1, -0.05) is 30.0 Å². The van der Waals surface area contributed by atoms with Crippen LogP contribution in [0.2, 0.25) is 0 Å². The first kappa shape index (κ1) is 25.0. The predicted octanol–water partition coefficient (Wildman–Crippen LogP) is 2.32. The minimum absolute atomic E-state index is 0.0299. The van der Waals surface area contributed by atoms with Gasteiger partial charge in [0.15, 0.2) is 16.7 Å². The van der Waals surface area contributed by atoms with E-state index in [1.807, 2.05) is 0 Å². The van der Waals surface area contributed by atoms with E-state index in [9.17, 15) is 19.2 Å². The molecule has 12 heteroatoms. The van der Waals surface area contributed by atoms with E-state index in [-0.39, 0.29) is 48.8 Å². The zero-order chi connectivity index (χ0) is 24.7. The number of para-hydroxylation sites is 1. The van der Waals surface area contributed by atoms with Gasteiger partial charge in [0.25, 0.3) is 0 Å². The molecule has 0 spiro atoms. The van der Waals surface area contributed by atoms with Crippen LogP contribution in [0.15, 0.2) is 41.7 Å². The lowest BCUT2D eigenvalue weighted by Crippen LogP contribution is -2.32. The smallest absolute Gasteiger partial charge is 0.358 e. The van der Waals surface area contributed by atoms with Crippen LogP contribution in [-0.2, 0) is 35.1 Å². The van der Waals surface area contributed by atoms with Crippen LogP contribution in [0.25, 0.3) is 0 Å². The molecule has 0 saturated carbocycles. The second kappa shape index (κ2) is 11.5. The van der Waals surface area contributed by atoms with Gasteiger partial charge in [-0.15, -0.1) is 0 Å². The molecule has 2 aromatic rings. The maximum atomic E-state index is 13.1. The first-order chi connectivity index (χ1) is 16.4. The average molecular weight is 489 g/mol. The van der Waals surface area contributed by atoms with Crippen LogP contribution in [0.4, 0.5) is 11.5 Å². The number of ether oxygens (including phenoxy) is 3. The number of nitrogens with zero attached hydrogens (tertiary/aromatic N) is 4. The van der Waals surface area contributed by atoms with Crippen LogP contribution in [0.3, 0.4) is 0 Å². The highest BCUT2D eigenvalue weighted by Gasteiger charge is 2.41. The SMILES string of the molecule is CCOC(=O)Cn1cnc(/N=C2\SC(CC(=O)OC)C(=O)N2c2ccccc2)c1C(=O)OCC. The predicted molar refractivity (Wildman–Crippen MR) is 124 cm³/mol. The Morgan fingerprint density at radius 1 is 1.09 bits per heavy atom. The molecular weight excluding hydrogens is 464 g/mol. The fourth-order valence-electron chi connectivity index (χ4n) is 3.14. The van der Waals surface area contributed by atoms with Crippen molar-refractivity contribution in [1.82, 2.24) is 9.55 Å². The van der Waals surface area contributed by atoms with Gasteiger partial charge in [0.05, 0.1) is 38.8 Å². The molecule has 3 rings (SSSR count). The average Bonchev–Trinajstić information content (AvgIpc) is 3.34. The van der Waals surface area contributed by atoms with Crippen molar-refractivity contribution in [2.24, 2.45) is 4.99 Å². The van der Waals surface area contributed by atoms with Gasteiger partial charge in [0.1, 0.15) is 11.8 Å². The number of aromatic nitrogens is 2. The Morgan fingerprint density at radius 3 is 2.44 bits per heavy atom. The topological polar surface area (TPSA) is 129 Å². The Balaban J connectivity index is 2.04. The van der Waals surface area contributed by atoms with E-state index in [0.717, 1.165) is 11.8 Å². The first-order valence-electron chi connectivity index (χ1n) is 10.5.